The molecule has 1 atom stereocenters. The van der Waals surface area contributed by atoms with E-state index >= 15 is 0 Å². The zero-order chi connectivity index (χ0) is 13.1. The van der Waals surface area contributed by atoms with Crippen LogP contribution in [0.15, 0.2) is 0 Å². The maximum Gasteiger partial charge on any atom is 0.323 e. The minimum absolute atomic E-state index is 0.717. The highest BCUT2D eigenvalue weighted by Crippen LogP contribution is 2.16. The summed E-state index contributed by atoms with van der Waals surface area (Å²) in [6.45, 7) is 6.94. The molecular formula is C14H29NO2. The standard InChI is InChI=1S/C14H29NO2/c1-4-6-8-9-11-14(3,13(16)17)15-12-10-7-5-2/h15H,4-12H2,1-3H3,(H,16,17). The highest BCUT2D eigenvalue weighted by molar-refractivity contribution is 5.78. The lowest BCUT2D eigenvalue weighted by atomic mass is 9.94. The van der Waals surface area contributed by atoms with Crippen molar-refractivity contribution < 1.29 is 9.90 Å². The van der Waals surface area contributed by atoms with Crippen molar-refractivity contribution in [1.82, 2.24) is 5.32 Å². The Labute approximate surface area is 106 Å². The Morgan fingerprint density at radius 3 is 2.18 bits per heavy atom. The lowest BCUT2D eigenvalue weighted by Gasteiger charge is -2.26. The molecule has 0 aliphatic rings. The van der Waals surface area contributed by atoms with Gasteiger partial charge >= 0.3 is 5.97 Å². The first-order chi connectivity index (χ1) is 8.06. The molecule has 2 N–H and O–H groups in total. The predicted octanol–water partition coefficient (Wildman–Crippen LogP) is 3.58. The van der Waals surface area contributed by atoms with Gasteiger partial charge in [-0.2, -0.15) is 0 Å². The molecule has 1 unspecified atom stereocenters. The van der Waals surface area contributed by atoms with E-state index in [4.69, 9.17) is 0 Å². The summed E-state index contributed by atoms with van der Waals surface area (Å²) in [5, 5.41) is 12.5. The second kappa shape index (κ2) is 9.46. The summed E-state index contributed by atoms with van der Waals surface area (Å²) in [5.74, 6) is -0.717. The van der Waals surface area contributed by atoms with Gasteiger partial charge in [-0.05, 0) is 26.3 Å². The van der Waals surface area contributed by atoms with Gasteiger partial charge in [0.15, 0.2) is 0 Å². The summed E-state index contributed by atoms with van der Waals surface area (Å²) in [6.07, 6.45) is 8.65. The molecule has 0 spiro atoms. The molecule has 0 amide bonds. The van der Waals surface area contributed by atoms with Gasteiger partial charge in [0.25, 0.3) is 0 Å². The van der Waals surface area contributed by atoms with E-state index < -0.39 is 11.5 Å². The summed E-state index contributed by atoms with van der Waals surface area (Å²) >= 11 is 0. The number of hydrogen-bond donors (Lipinski definition) is 2. The van der Waals surface area contributed by atoms with Crippen molar-refractivity contribution in [3.8, 4) is 0 Å². The van der Waals surface area contributed by atoms with E-state index in [0.29, 0.717) is 0 Å². The minimum Gasteiger partial charge on any atom is -0.480 e. The van der Waals surface area contributed by atoms with Gasteiger partial charge in [-0.25, -0.2) is 0 Å². The van der Waals surface area contributed by atoms with Crippen molar-refractivity contribution in [2.45, 2.75) is 77.7 Å². The SMILES string of the molecule is CCCCCCC(C)(NCCCCC)C(=O)O. The monoisotopic (exact) mass is 243 g/mol. The van der Waals surface area contributed by atoms with Crippen molar-refractivity contribution in [3.63, 3.8) is 0 Å². The largest absolute Gasteiger partial charge is 0.480 e. The number of unbranched alkanes of at least 4 members (excludes halogenated alkanes) is 5. The van der Waals surface area contributed by atoms with E-state index in [1.165, 1.54) is 25.7 Å². The van der Waals surface area contributed by atoms with Crippen molar-refractivity contribution in [3.05, 3.63) is 0 Å². The number of rotatable bonds is 11. The quantitative estimate of drug-likeness (QED) is 0.545. The van der Waals surface area contributed by atoms with E-state index in [1.807, 2.05) is 6.92 Å². The molecule has 0 saturated carbocycles. The van der Waals surface area contributed by atoms with Gasteiger partial charge in [-0.1, -0.05) is 52.4 Å². The molecule has 3 nitrogen and oxygen atoms in total. The molecule has 0 heterocycles. The molecule has 0 saturated heterocycles. The van der Waals surface area contributed by atoms with Gasteiger partial charge in [-0.3, -0.25) is 4.79 Å². The molecule has 0 bridgehead atoms. The highest BCUT2D eigenvalue weighted by atomic mass is 16.4. The fraction of sp³-hybridized carbons (Fsp3) is 0.929. The molecule has 0 aliphatic heterocycles. The van der Waals surface area contributed by atoms with Crippen molar-refractivity contribution in [1.29, 1.82) is 0 Å². The molecule has 0 aromatic rings. The first-order valence-corrected chi connectivity index (χ1v) is 7.05. The third-order valence-corrected chi connectivity index (χ3v) is 3.30. The molecule has 0 rings (SSSR count). The number of carboxylic acids is 1. The smallest absolute Gasteiger partial charge is 0.323 e. The molecule has 0 aromatic heterocycles. The summed E-state index contributed by atoms with van der Waals surface area (Å²) in [4.78, 5) is 11.3. The summed E-state index contributed by atoms with van der Waals surface area (Å²) in [6, 6.07) is 0. The van der Waals surface area contributed by atoms with E-state index in [1.54, 1.807) is 0 Å². The predicted molar refractivity (Wildman–Crippen MR) is 72.3 cm³/mol. The maximum atomic E-state index is 11.3. The van der Waals surface area contributed by atoms with Crippen LogP contribution in [0.3, 0.4) is 0 Å². The van der Waals surface area contributed by atoms with E-state index in [-0.39, 0.29) is 0 Å². The van der Waals surface area contributed by atoms with Crippen molar-refractivity contribution in [2.75, 3.05) is 6.54 Å². The fourth-order valence-electron chi connectivity index (χ4n) is 1.92. The van der Waals surface area contributed by atoms with Crippen LogP contribution in [0.5, 0.6) is 0 Å². The van der Waals surface area contributed by atoms with Gasteiger partial charge in [-0.15, -0.1) is 0 Å². The number of hydrogen-bond acceptors (Lipinski definition) is 2. The summed E-state index contributed by atoms with van der Waals surface area (Å²) < 4.78 is 0. The van der Waals surface area contributed by atoms with Crippen LogP contribution in [0.1, 0.15) is 72.1 Å². The van der Waals surface area contributed by atoms with Crippen LogP contribution in [0.4, 0.5) is 0 Å². The van der Waals surface area contributed by atoms with Gasteiger partial charge in [0, 0.05) is 0 Å². The minimum atomic E-state index is -0.735. The van der Waals surface area contributed by atoms with Crippen molar-refractivity contribution in [2.24, 2.45) is 0 Å². The molecule has 0 aliphatic carbocycles. The van der Waals surface area contributed by atoms with Gasteiger partial charge in [0.1, 0.15) is 5.54 Å². The van der Waals surface area contributed by atoms with Crippen LogP contribution in [-0.2, 0) is 4.79 Å². The molecule has 0 radical (unpaired) electrons. The molecule has 102 valence electrons. The second-order valence-corrected chi connectivity index (χ2v) is 5.08. The third kappa shape index (κ3) is 7.37. The number of carbonyl (C=O) groups is 1. The normalized spacial score (nSPS) is 14.5. The van der Waals surface area contributed by atoms with Crippen LogP contribution >= 0.6 is 0 Å². The number of carboxylic acid groups (broad SMARTS) is 1. The van der Waals surface area contributed by atoms with Crippen LogP contribution < -0.4 is 5.32 Å². The van der Waals surface area contributed by atoms with Crippen LogP contribution in [0, 0.1) is 0 Å². The molecule has 0 aromatic carbocycles. The van der Waals surface area contributed by atoms with E-state index in [2.05, 4.69) is 19.2 Å². The van der Waals surface area contributed by atoms with Gasteiger partial charge in [0.05, 0.1) is 0 Å². The maximum absolute atomic E-state index is 11.3. The zero-order valence-corrected chi connectivity index (χ0v) is 11.7. The Morgan fingerprint density at radius 2 is 1.65 bits per heavy atom. The second-order valence-electron chi connectivity index (χ2n) is 5.08. The molecule has 17 heavy (non-hydrogen) atoms. The first kappa shape index (κ1) is 16.4. The van der Waals surface area contributed by atoms with Gasteiger partial charge in [0.2, 0.25) is 0 Å². The fourth-order valence-corrected chi connectivity index (χ4v) is 1.92. The number of aliphatic carboxylic acids is 1. The third-order valence-electron chi connectivity index (χ3n) is 3.30. The Bertz CT molecular complexity index is 192. The average Bonchev–Trinajstić information content (AvgIpc) is 2.30. The molecular weight excluding hydrogens is 214 g/mol. The Hall–Kier alpha value is -0.570. The van der Waals surface area contributed by atoms with Crippen molar-refractivity contribution >= 4 is 5.97 Å². The lowest BCUT2D eigenvalue weighted by Crippen LogP contribution is -2.49. The van der Waals surface area contributed by atoms with E-state index in [0.717, 1.165) is 32.2 Å². The average molecular weight is 243 g/mol. The van der Waals surface area contributed by atoms with Crippen LogP contribution in [0.25, 0.3) is 0 Å². The Morgan fingerprint density at radius 1 is 1.06 bits per heavy atom. The first-order valence-electron chi connectivity index (χ1n) is 7.05. The lowest BCUT2D eigenvalue weighted by molar-refractivity contribution is -0.144. The van der Waals surface area contributed by atoms with Gasteiger partial charge < -0.3 is 10.4 Å². The zero-order valence-electron chi connectivity index (χ0n) is 11.7. The number of nitrogens with one attached hydrogen (secondary N) is 1. The Balaban J connectivity index is 3.94. The Kier molecular flexibility index (Phi) is 9.14. The molecule has 0 fully saturated rings. The van der Waals surface area contributed by atoms with E-state index in [9.17, 15) is 9.90 Å². The highest BCUT2D eigenvalue weighted by Gasteiger charge is 2.31. The van der Waals surface area contributed by atoms with Crippen LogP contribution in [0.2, 0.25) is 0 Å². The topological polar surface area (TPSA) is 49.3 Å². The molecule has 3 heteroatoms. The summed E-state index contributed by atoms with van der Waals surface area (Å²) in [7, 11) is 0. The van der Waals surface area contributed by atoms with Crippen LogP contribution in [-0.4, -0.2) is 23.2 Å². The summed E-state index contributed by atoms with van der Waals surface area (Å²) in [5.41, 5.74) is -0.735.